The molecular formula is C22H23ClF4N4O3. The Morgan fingerprint density at radius 2 is 2.06 bits per heavy atom. The fraction of sp³-hybridized carbons (Fsp3) is 0.545. The highest BCUT2D eigenvalue weighted by molar-refractivity contribution is 6.31. The first-order valence-corrected chi connectivity index (χ1v) is 11.3. The summed E-state index contributed by atoms with van der Waals surface area (Å²) in [5, 5.41) is -0.684. The highest BCUT2D eigenvalue weighted by Gasteiger charge is 2.44. The fourth-order valence-corrected chi connectivity index (χ4v) is 5.34. The van der Waals surface area contributed by atoms with E-state index in [1.165, 1.54) is 7.11 Å². The third-order valence-electron chi connectivity index (χ3n) is 6.73. The summed E-state index contributed by atoms with van der Waals surface area (Å²) in [6.45, 7) is 1.99. The van der Waals surface area contributed by atoms with Gasteiger partial charge >= 0.3 is 12.2 Å². The Morgan fingerprint density at radius 3 is 2.71 bits per heavy atom. The van der Waals surface area contributed by atoms with Gasteiger partial charge in [0.25, 0.3) is 0 Å². The quantitative estimate of drug-likeness (QED) is 0.490. The second-order valence-electron chi connectivity index (χ2n) is 8.82. The first kappa shape index (κ1) is 23.4. The first-order valence-electron chi connectivity index (χ1n) is 10.9. The van der Waals surface area contributed by atoms with Crippen molar-refractivity contribution in [3.8, 4) is 6.01 Å². The molecule has 5 rings (SSSR count). The van der Waals surface area contributed by atoms with Crippen LogP contribution in [-0.2, 0) is 28.7 Å². The van der Waals surface area contributed by atoms with Gasteiger partial charge in [0.05, 0.1) is 54.0 Å². The molecule has 0 amide bonds. The van der Waals surface area contributed by atoms with Crippen molar-refractivity contribution >= 4 is 23.1 Å². The van der Waals surface area contributed by atoms with Crippen molar-refractivity contribution in [3.05, 3.63) is 39.3 Å². The van der Waals surface area contributed by atoms with Gasteiger partial charge in [-0.1, -0.05) is 11.6 Å². The third-order valence-corrected chi connectivity index (χ3v) is 7.03. The van der Waals surface area contributed by atoms with Crippen LogP contribution in [0.25, 0.3) is 0 Å². The van der Waals surface area contributed by atoms with Crippen molar-refractivity contribution in [2.45, 2.75) is 50.2 Å². The van der Waals surface area contributed by atoms with Gasteiger partial charge in [-0.15, -0.1) is 0 Å². The summed E-state index contributed by atoms with van der Waals surface area (Å²) in [5.74, 6) is -0.608. The Morgan fingerprint density at radius 1 is 1.29 bits per heavy atom. The Bertz CT molecular complexity index is 1130. The van der Waals surface area contributed by atoms with E-state index >= 15 is 0 Å². The molecule has 7 nitrogen and oxygen atoms in total. The molecule has 0 aliphatic carbocycles. The number of alkyl halides is 3. The number of piperidine rings is 1. The van der Waals surface area contributed by atoms with Gasteiger partial charge in [-0.2, -0.15) is 23.1 Å². The molecule has 2 aromatic rings. The molecule has 184 valence electrons. The van der Waals surface area contributed by atoms with Crippen molar-refractivity contribution in [3.63, 3.8) is 0 Å². The van der Waals surface area contributed by atoms with Gasteiger partial charge in [0, 0.05) is 37.1 Å². The number of nitrogens with zero attached hydrogens (tertiary/aromatic N) is 3. The first-order chi connectivity index (χ1) is 16.1. The number of halogens is 5. The number of rotatable bonds is 3. The predicted octanol–water partition coefficient (Wildman–Crippen LogP) is 4.45. The lowest BCUT2D eigenvalue weighted by Gasteiger charge is -2.49. The number of benzene rings is 1. The third kappa shape index (κ3) is 3.93. The van der Waals surface area contributed by atoms with Crippen LogP contribution < -0.4 is 15.4 Å². The van der Waals surface area contributed by atoms with E-state index in [9.17, 15) is 17.6 Å². The maximum Gasteiger partial charge on any atom is 0.418 e. The molecule has 34 heavy (non-hydrogen) atoms. The lowest BCUT2D eigenvalue weighted by Crippen LogP contribution is -2.56. The SMILES string of the molecule is COc1nc2c(c(N3CCCC4(CCO4)C3)n1)COC(c1c(F)c(N)cc(Cl)c1C(F)(F)F)C2. The number of hydrogen-bond acceptors (Lipinski definition) is 7. The number of fused-ring (bicyclic) bond motifs is 1. The average molecular weight is 503 g/mol. The zero-order valence-corrected chi connectivity index (χ0v) is 19.1. The van der Waals surface area contributed by atoms with Gasteiger partial charge in [0.15, 0.2) is 5.82 Å². The largest absolute Gasteiger partial charge is 0.467 e. The lowest BCUT2D eigenvalue weighted by molar-refractivity contribution is -0.151. The van der Waals surface area contributed by atoms with Gasteiger partial charge < -0.3 is 24.8 Å². The minimum Gasteiger partial charge on any atom is -0.467 e. The summed E-state index contributed by atoms with van der Waals surface area (Å²) < 4.78 is 73.2. The maximum absolute atomic E-state index is 14.9. The minimum atomic E-state index is -4.90. The lowest BCUT2D eigenvalue weighted by atomic mass is 9.85. The van der Waals surface area contributed by atoms with Crippen LogP contribution in [0.2, 0.25) is 5.02 Å². The zero-order valence-electron chi connectivity index (χ0n) is 18.3. The Labute approximate surface area is 198 Å². The highest BCUT2D eigenvalue weighted by Crippen LogP contribution is 2.46. The molecule has 3 aliphatic heterocycles. The van der Waals surface area contributed by atoms with E-state index in [1.54, 1.807) is 0 Å². The second-order valence-corrected chi connectivity index (χ2v) is 9.22. The summed E-state index contributed by atoms with van der Waals surface area (Å²) in [7, 11) is 1.41. The van der Waals surface area contributed by atoms with Crippen LogP contribution in [-0.4, -0.2) is 42.4 Å². The number of aromatic nitrogens is 2. The number of methoxy groups -OCH3 is 1. The molecule has 1 aromatic carbocycles. The number of ether oxygens (including phenoxy) is 3. The molecule has 2 saturated heterocycles. The number of anilines is 2. The average Bonchev–Trinajstić information content (AvgIpc) is 2.78. The van der Waals surface area contributed by atoms with Crippen molar-refractivity contribution in [1.29, 1.82) is 0 Å². The molecule has 0 bridgehead atoms. The van der Waals surface area contributed by atoms with Crippen LogP contribution in [0.15, 0.2) is 6.07 Å². The molecule has 2 atom stereocenters. The van der Waals surface area contributed by atoms with E-state index in [1.807, 2.05) is 0 Å². The van der Waals surface area contributed by atoms with Crippen LogP contribution >= 0.6 is 11.6 Å². The van der Waals surface area contributed by atoms with Crippen molar-refractivity contribution in [2.24, 2.45) is 0 Å². The molecular weight excluding hydrogens is 480 g/mol. The monoisotopic (exact) mass is 502 g/mol. The van der Waals surface area contributed by atoms with E-state index in [0.29, 0.717) is 23.6 Å². The van der Waals surface area contributed by atoms with Gasteiger partial charge in [-0.25, -0.2) is 4.39 Å². The van der Waals surface area contributed by atoms with E-state index in [0.717, 1.165) is 38.5 Å². The summed E-state index contributed by atoms with van der Waals surface area (Å²) in [5.41, 5.74) is 3.96. The van der Waals surface area contributed by atoms with Gasteiger partial charge in [0.1, 0.15) is 5.82 Å². The van der Waals surface area contributed by atoms with Gasteiger partial charge in [-0.05, 0) is 18.9 Å². The second kappa shape index (κ2) is 8.39. The molecule has 4 heterocycles. The van der Waals surface area contributed by atoms with Crippen molar-refractivity contribution in [2.75, 3.05) is 37.4 Å². The Balaban J connectivity index is 1.54. The Kier molecular flexibility index (Phi) is 5.77. The van der Waals surface area contributed by atoms with Crippen LogP contribution in [0.1, 0.15) is 47.8 Å². The normalized spacial score (nSPS) is 24.6. The summed E-state index contributed by atoms with van der Waals surface area (Å²) in [6.07, 6.45) is -3.49. The van der Waals surface area contributed by atoms with Gasteiger partial charge in [-0.3, -0.25) is 0 Å². The highest BCUT2D eigenvalue weighted by atomic mass is 35.5. The van der Waals surface area contributed by atoms with Crippen LogP contribution in [0, 0.1) is 5.82 Å². The van der Waals surface area contributed by atoms with E-state index < -0.39 is 39.9 Å². The van der Waals surface area contributed by atoms with Crippen molar-refractivity contribution in [1.82, 2.24) is 9.97 Å². The smallest absolute Gasteiger partial charge is 0.418 e. The summed E-state index contributed by atoms with van der Waals surface area (Å²) in [4.78, 5) is 11.0. The van der Waals surface area contributed by atoms with Crippen molar-refractivity contribution < 1.29 is 31.8 Å². The summed E-state index contributed by atoms with van der Waals surface area (Å²) in [6, 6.07) is 0.837. The van der Waals surface area contributed by atoms with E-state index in [-0.39, 0.29) is 24.6 Å². The molecule has 12 heteroatoms. The predicted molar refractivity (Wildman–Crippen MR) is 115 cm³/mol. The minimum absolute atomic E-state index is 0.0747. The molecule has 2 fully saturated rings. The maximum atomic E-state index is 14.9. The molecule has 3 aliphatic rings. The van der Waals surface area contributed by atoms with Gasteiger partial charge in [0.2, 0.25) is 0 Å². The molecule has 2 N–H and O–H groups in total. The fourth-order valence-electron chi connectivity index (χ4n) is 5.02. The van der Waals surface area contributed by atoms with Crippen LogP contribution in [0.3, 0.4) is 0 Å². The molecule has 1 spiro atoms. The zero-order chi connectivity index (χ0) is 24.3. The molecule has 0 saturated carbocycles. The molecule has 2 unspecified atom stereocenters. The van der Waals surface area contributed by atoms with Crippen LogP contribution in [0.5, 0.6) is 6.01 Å². The van der Waals surface area contributed by atoms with E-state index in [4.69, 9.17) is 31.5 Å². The number of nitrogens with two attached hydrogens (primary N) is 1. The number of nitrogen functional groups attached to an aromatic ring is 1. The van der Waals surface area contributed by atoms with E-state index in [2.05, 4.69) is 14.9 Å². The number of hydrogen-bond donors (Lipinski definition) is 1. The standard InChI is InChI=1S/C22H23ClF4N4O3/c1-32-20-29-14-8-15(16-17(22(25,26)27)12(23)7-13(28)18(16)24)33-9-11(14)19(30-20)31-5-2-3-21(10-31)4-6-34-21/h7,15H,2-6,8-10,28H2,1H3. The summed E-state index contributed by atoms with van der Waals surface area (Å²) >= 11 is 5.84. The molecule has 0 radical (unpaired) electrons. The molecule has 1 aromatic heterocycles. The topological polar surface area (TPSA) is 82.7 Å². The Hall–Kier alpha value is -2.37. The van der Waals surface area contributed by atoms with Crippen LogP contribution in [0.4, 0.5) is 29.1 Å².